The van der Waals surface area contributed by atoms with Crippen LogP contribution < -0.4 is 5.32 Å². The summed E-state index contributed by atoms with van der Waals surface area (Å²) >= 11 is 0. The Bertz CT molecular complexity index is 959. The summed E-state index contributed by atoms with van der Waals surface area (Å²) in [6.45, 7) is 2.13. The summed E-state index contributed by atoms with van der Waals surface area (Å²) in [5.41, 5.74) is -0.812. The second kappa shape index (κ2) is 7.76. The van der Waals surface area contributed by atoms with Gasteiger partial charge in [0.1, 0.15) is 10.7 Å². The molecule has 1 aromatic carbocycles. The highest BCUT2D eigenvalue weighted by molar-refractivity contribution is 5.87. The molecule has 31 heavy (non-hydrogen) atoms. The van der Waals surface area contributed by atoms with Crippen LogP contribution in [0, 0.1) is 27.9 Å². The van der Waals surface area contributed by atoms with Gasteiger partial charge in [0.25, 0.3) is 5.91 Å². The summed E-state index contributed by atoms with van der Waals surface area (Å²) in [5, 5.41) is 25.5. The zero-order valence-corrected chi connectivity index (χ0v) is 17.3. The van der Waals surface area contributed by atoms with Crippen LogP contribution in [-0.4, -0.2) is 40.0 Å². The Kier molecular flexibility index (Phi) is 5.06. The number of benzene rings is 1. The van der Waals surface area contributed by atoms with Crippen molar-refractivity contribution in [2.75, 3.05) is 13.1 Å². The number of nitrogens with zero attached hydrogens (tertiary/aromatic N) is 2. The van der Waals surface area contributed by atoms with E-state index >= 15 is 0 Å². The van der Waals surface area contributed by atoms with Crippen molar-refractivity contribution < 1.29 is 19.2 Å². The van der Waals surface area contributed by atoms with Gasteiger partial charge >= 0.3 is 5.88 Å². The lowest BCUT2D eigenvalue weighted by Gasteiger charge is -2.33. The minimum absolute atomic E-state index is 0.0558. The van der Waals surface area contributed by atoms with Gasteiger partial charge in [-0.2, -0.15) is 0 Å². The summed E-state index contributed by atoms with van der Waals surface area (Å²) in [7, 11) is 0. The number of hydrogen-bond acceptors (Lipinski definition) is 6. The number of carbonyl (C=O) groups excluding carboxylic acids is 1. The van der Waals surface area contributed by atoms with Gasteiger partial charge in [-0.05, 0) is 36.3 Å². The van der Waals surface area contributed by atoms with E-state index in [1.807, 2.05) is 30.3 Å². The lowest BCUT2D eigenvalue weighted by molar-refractivity contribution is -0.402. The maximum Gasteiger partial charge on any atom is 0.433 e. The average molecular weight is 425 g/mol. The Balaban J connectivity index is 1.21. The number of furan rings is 1. The monoisotopic (exact) mass is 425 g/mol. The van der Waals surface area contributed by atoms with Crippen molar-refractivity contribution >= 4 is 11.8 Å². The molecule has 0 spiro atoms. The van der Waals surface area contributed by atoms with Crippen LogP contribution in [0.3, 0.4) is 0 Å². The van der Waals surface area contributed by atoms with Crippen molar-refractivity contribution in [2.45, 2.75) is 43.9 Å². The van der Waals surface area contributed by atoms with Crippen molar-refractivity contribution in [3.63, 3.8) is 0 Å². The molecule has 4 atom stereocenters. The number of aliphatic hydroxyl groups is 1. The van der Waals surface area contributed by atoms with E-state index in [2.05, 4.69) is 10.2 Å². The molecule has 164 valence electrons. The number of nitrogens with one attached hydrogen (secondary N) is 1. The predicted octanol–water partition coefficient (Wildman–Crippen LogP) is 2.81. The van der Waals surface area contributed by atoms with Crippen LogP contribution in [0.15, 0.2) is 46.9 Å². The van der Waals surface area contributed by atoms with E-state index in [1.54, 1.807) is 6.07 Å². The molecule has 2 unspecified atom stereocenters. The summed E-state index contributed by atoms with van der Waals surface area (Å²) in [4.78, 5) is 25.8. The van der Waals surface area contributed by atoms with Crippen molar-refractivity contribution in [3.8, 4) is 0 Å². The van der Waals surface area contributed by atoms with Gasteiger partial charge in [-0.15, -0.1) is 0 Å². The number of likely N-dealkylation sites (tertiary alicyclic amines) is 1. The molecule has 8 nitrogen and oxygen atoms in total. The highest BCUT2D eigenvalue weighted by Gasteiger charge is 2.58. The Labute approximate surface area is 180 Å². The molecule has 1 saturated heterocycles. The third-order valence-electron chi connectivity index (χ3n) is 7.28. The predicted molar refractivity (Wildman–Crippen MR) is 112 cm³/mol. The first-order valence-electron chi connectivity index (χ1n) is 11.0. The highest BCUT2D eigenvalue weighted by atomic mass is 16.6. The number of amides is 1. The second-order valence-corrected chi connectivity index (χ2v) is 9.13. The van der Waals surface area contributed by atoms with Crippen molar-refractivity contribution in [1.29, 1.82) is 0 Å². The molecule has 5 rings (SSSR count). The van der Waals surface area contributed by atoms with Crippen molar-refractivity contribution in [2.24, 2.45) is 17.8 Å². The third-order valence-corrected chi connectivity index (χ3v) is 7.28. The molecule has 2 aliphatic carbocycles. The Morgan fingerprint density at radius 2 is 1.84 bits per heavy atom. The molecule has 2 N–H and O–H groups in total. The molecule has 2 saturated carbocycles. The molecule has 0 radical (unpaired) electrons. The first-order valence-corrected chi connectivity index (χ1v) is 11.0. The summed E-state index contributed by atoms with van der Waals surface area (Å²) in [5.74, 6) is 0.692. The largest absolute Gasteiger partial charge is 0.433 e. The van der Waals surface area contributed by atoms with Gasteiger partial charge in [0, 0.05) is 25.0 Å². The van der Waals surface area contributed by atoms with Gasteiger partial charge in [-0.3, -0.25) is 19.8 Å². The summed E-state index contributed by atoms with van der Waals surface area (Å²) in [6.07, 6.45) is 3.81. The van der Waals surface area contributed by atoms with Gasteiger partial charge in [-0.1, -0.05) is 43.2 Å². The van der Waals surface area contributed by atoms with Crippen LogP contribution in [0.25, 0.3) is 0 Å². The highest BCUT2D eigenvalue weighted by Crippen LogP contribution is 2.47. The second-order valence-electron chi connectivity index (χ2n) is 9.13. The maximum absolute atomic E-state index is 13.3. The van der Waals surface area contributed by atoms with Crippen LogP contribution in [-0.2, 0) is 16.9 Å². The average Bonchev–Trinajstić information content (AvgIpc) is 3.32. The Morgan fingerprint density at radius 1 is 1.16 bits per heavy atom. The molecule has 2 aromatic rings. The number of nitro groups is 1. The molecular formula is C23H27N3O5. The minimum atomic E-state index is -1.48. The molecule has 0 bridgehead atoms. The van der Waals surface area contributed by atoms with Gasteiger partial charge < -0.3 is 14.8 Å². The van der Waals surface area contributed by atoms with E-state index in [0.29, 0.717) is 29.7 Å². The van der Waals surface area contributed by atoms with E-state index in [1.165, 1.54) is 6.07 Å². The van der Waals surface area contributed by atoms with Gasteiger partial charge in [0.2, 0.25) is 0 Å². The number of rotatable bonds is 7. The van der Waals surface area contributed by atoms with E-state index in [9.17, 15) is 20.0 Å². The lowest BCUT2D eigenvalue weighted by Crippen LogP contribution is -2.50. The van der Waals surface area contributed by atoms with Gasteiger partial charge in [-0.25, -0.2) is 0 Å². The van der Waals surface area contributed by atoms with Crippen molar-refractivity contribution in [1.82, 2.24) is 10.2 Å². The SMILES string of the molecule is O=C(N[C@H]1C2CN(Cc3ccc([N+](=O)[O-])o3)C[C@@H]21)C(O)(c1ccccc1)C1CCCC1. The Hall–Kier alpha value is -2.71. The molecule has 1 aliphatic heterocycles. The Morgan fingerprint density at radius 3 is 2.45 bits per heavy atom. The van der Waals surface area contributed by atoms with Gasteiger partial charge in [0.15, 0.2) is 5.60 Å². The first kappa shape index (κ1) is 20.2. The lowest BCUT2D eigenvalue weighted by atomic mass is 9.79. The zero-order chi connectivity index (χ0) is 21.6. The molecule has 1 amide bonds. The fourth-order valence-corrected chi connectivity index (χ4v) is 5.58. The topological polar surface area (TPSA) is 109 Å². The van der Waals surface area contributed by atoms with Gasteiger partial charge in [0.05, 0.1) is 12.6 Å². The maximum atomic E-state index is 13.3. The van der Waals surface area contributed by atoms with E-state index < -0.39 is 10.5 Å². The standard InChI is InChI=1S/C23H27N3O5/c27-22(23(28,16-8-4-5-9-16)15-6-2-1-3-7-15)24-21-18-13-25(14-19(18)21)12-17-10-11-20(31-17)26(29)30/h1-3,6-7,10-11,16,18-19,21,28H,4-5,8-9,12-14H2,(H,24,27)/t18-,19?,21+,23?/m0/s1. The zero-order valence-electron chi connectivity index (χ0n) is 17.3. The molecule has 2 heterocycles. The van der Waals surface area contributed by atoms with E-state index in [4.69, 9.17) is 4.42 Å². The molecular weight excluding hydrogens is 398 g/mol. The van der Waals surface area contributed by atoms with E-state index in [-0.39, 0.29) is 23.8 Å². The number of piperidine rings is 1. The molecule has 3 fully saturated rings. The fourth-order valence-electron chi connectivity index (χ4n) is 5.58. The number of fused-ring (bicyclic) bond motifs is 1. The first-order chi connectivity index (χ1) is 15.0. The van der Waals surface area contributed by atoms with Crippen LogP contribution in [0.5, 0.6) is 0 Å². The number of carbonyl (C=O) groups is 1. The minimum Gasteiger partial charge on any atom is -0.404 e. The van der Waals surface area contributed by atoms with Crippen LogP contribution in [0.1, 0.15) is 37.0 Å². The van der Waals surface area contributed by atoms with Crippen LogP contribution >= 0.6 is 0 Å². The molecule has 3 aliphatic rings. The molecule has 8 heteroatoms. The normalized spacial score (nSPS) is 27.6. The summed E-state index contributed by atoms with van der Waals surface area (Å²) in [6, 6.07) is 12.4. The smallest absolute Gasteiger partial charge is 0.404 e. The van der Waals surface area contributed by atoms with Crippen molar-refractivity contribution in [3.05, 3.63) is 63.9 Å². The van der Waals surface area contributed by atoms with E-state index in [0.717, 1.165) is 38.8 Å². The quantitative estimate of drug-likeness (QED) is 0.522. The van der Waals surface area contributed by atoms with Crippen LogP contribution in [0.2, 0.25) is 0 Å². The summed E-state index contributed by atoms with van der Waals surface area (Å²) < 4.78 is 5.26. The van der Waals surface area contributed by atoms with Crippen LogP contribution in [0.4, 0.5) is 5.88 Å². The fraction of sp³-hybridized carbons (Fsp3) is 0.522. The third kappa shape index (κ3) is 3.64. The number of hydrogen-bond donors (Lipinski definition) is 2. The molecule has 1 aromatic heterocycles.